The number of hydrogen-bond donors (Lipinski definition) is 1. The molecule has 0 bridgehead atoms. The van der Waals surface area contributed by atoms with E-state index in [-0.39, 0.29) is 22.1 Å². The van der Waals surface area contributed by atoms with E-state index < -0.39 is 23.3 Å². The molecule has 36 heavy (non-hydrogen) atoms. The zero-order valence-corrected chi connectivity index (χ0v) is 20.8. The minimum Gasteiger partial charge on any atom is -0.349 e. The third kappa shape index (κ3) is 4.77. The van der Waals surface area contributed by atoms with Crippen molar-refractivity contribution in [2.45, 2.75) is 37.9 Å². The van der Waals surface area contributed by atoms with Crippen molar-refractivity contribution < 1.29 is 18.0 Å². The zero-order chi connectivity index (χ0) is 25.6. The molecule has 0 aliphatic heterocycles. The molecule has 1 N–H and O–H groups in total. The highest BCUT2D eigenvalue weighted by Gasteiger charge is 2.39. The maximum atomic E-state index is 14.0. The van der Waals surface area contributed by atoms with Crippen molar-refractivity contribution in [3.05, 3.63) is 74.9 Å². The molecule has 2 heterocycles. The zero-order valence-electron chi connectivity index (χ0n) is 18.5. The van der Waals surface area contributed by atoms with Gasteiger partial charge in [0.2, 0.25) is 0 Å². The fraction of sp³-hybridized carbons (Fsp3) is 0.240. The largest absolute Gasteiger partial charge is 0.434 e. The van der Waals surface area contributed by atoms with Crippen LogP contribution in [0.2, 0.25) is 15.1 Å². The average molecular weight is 554 g/mol. The Morgan fingerprint density at radius 3 is 2.28 bits per heavy atom. The topological polar surface area (TPSA) is 59.8 Å². The Morgan fingerprint density at radius 1 is 0.972 bits per heavy atom. The Hall–Kier alpha value is -2.81. The van der Waals surface area contributed by atoms with E-state index in [1.165, 1.54) is 16.8 Å². The van der Waals surface area contributed by atoms with Gasteiger partial charge in [0.25, 0.3) is 5.91 Å². The number of pyridine rings is 1. The van der Waals surface area contributed by atoms with Crippen molar-refractivity contribution in [1.29, 1.82) is 0 Å². The van der Waals surface area contributed by atoms with Gasteiger partial charge in [-0.15, -0.1) is 5.10 Å². The van der Waals surface area contributed by atoms with E-state index in [2.05, 4.69) is 15.4 Å². The van der Waals surface area contributed by atoms with Crippen LogP contribution >= 0.6 is 34.8 Å². The van der Waals surface area contributed by atoms with Crippen LogP contribution in [0.25, 0.3) is 28.0 Å². The van der Waals surface area contributed by atoms with Gasteiger partial charge in [-0.2, -0.15) is 13.2 Å². The molecule has 0 radical (unpaired) electrons. The first-order valence-electron chi connectivity index (χ1n) is 11.1. The summed E-state index contributed by atoms with van der Waals surface area (Å²) in [6.07, 6.45) is -1.57. The minimum atomic E-state index is -4.86. The maximum absolute atomic E-state index is 14.0. The van der Waals surface area contributed by atoms with Gasteiger partial charge in [0, 0.05) is 27.0 Å². The Kier molecular flexibility index (Phi) is 6.61. The van der Waals surface area contributed by atoms with E-state index in [1.807, 2.05) is 0 Å². The third-order valence-electron chi connectivity index (χ3n) is 6.12. The quantitative estimate of drug-likeness (QED) is 0.281. The van der Waals surface area contributed by atoms with Crippen LogP contribution in [0.5, 0.6) is 0 Å². The Bertz CT molecular complexity index is 1460. The van der Waals surface area contributed by atoms with Crippen LogP contribution in [0.3, 0.4) is 0 Å². The molecule has 0 spiro atoms. The van der Waals surface area contributed by atoms with Gasteiger partial charge >= 0.3 is 6.18 Å². The smallest absolute Gasteiger partial charge is 0.349 e. The lowest BCUT2D eigenvalue weighted by Crippen LogP contribution is -2.34. The van der Waals surface area contributed by atoms with Gasteiger partial charge in [0.15, 0.2) is 11.3 Å². The standard InChI is InChI=1S/C25H18Cl3F3N4O/c26-14-7-5-13(6-8-14)21-17-12-18(24(36)32-16-3-1-2-4-16)22(25(29,30)31)33-23(17)34-35(21)20-10-9-15(27)11-19(20)28/h5-12,16H,1-4H2,(H,32,36). The predicted octanol–water partition coefficient (Wildman–Crippen LogP) is 7.74. The average Bonchev–Trinajstić information content (AvgIpc) is 3.45. The number of halogens is 6. The highest BCUT2D eigenvalue weighted by Crippen LogP contribution is 2.38. The maximum Gasteiger partial charge on any atom is 0.434 e. The first kappa shape index (κ1) is 24.9. The summed E-state index contributed by atoms with van der Waals surface area (Å²) in [7, 11) is 0. The number of rotatable bonds is 4. The monoisotopic (exact) mass is 552 g/mol. The molecule has 1 aliphatic carbocycles. The summed E-state index contributed by atoms with van der Waals surface area (Å²) < 4.78 is 43.5. The van der Waals surface area contributed by atoms with Crippen LogP contribution in [0.15, 0.2) is 48.5 Å². The van der Waals surface area contributed by atoms with E-state index in [0.29, 0.717) is 27.0 Å². The number of aromatic nitrogens is 3. The molecule has 0 unspecified atom stereocenters. The fourth-order valence-corrected chi connectivity index (χ4v) is 5.06. The third-order valence-corrected chi connectivity index (χ3v) is 6.91. The summed E-state index contributed by atoms with van der Waals surface area (Å²) in [6, 6.07) is 12.4. The summed E-state index contributed by atoms with van der Waals surface area (Å²) in [5, 5.41) is 8.46. The van der Waals surface area contributed by atoms with Gasteiger partial charge in [0.05, 0.1) is 22.0 Å². The normalized spacial score (nSPS) is 14.5. The molecular weight excluding hydrogens is 536 g/mol. The highest BCUT2D eigenvalue weighted by atomic mass is 35.5. The molecule has 5 nitrogen and oxygen atoms in total. The van der Waals surface area contributed by atoms with Crippen molar-refractivity contribution >= 4 is 51.7 Å². The van der Waals surface area contributed by atoms with Crippen LogP contribution in [-0.4, -0.2) is 26.7 Å². The van der Waals surface area contributed by atoms with Crippen LogP contribution in [0.4, 0.5) is 13.2 Å². The molecule has 2 aromatic heterocycles. The molecular formula is C25H18Cl3F3N4O. The summed E-state index contributed by atoms with van der Waals surface area (Å²) in [4.78, 5) is 16.9. The first-order valence-corrected chi connectivity index (χ1v) is 12.3. The SMILES string of the molecule is O=C(NC1CCCC1)c1cc2c(-c3ccc(Cl)cc3)n(-c3ccc(Cl)cc3Cl)nc2nc1C(F)(F)F. The number of nitrogens with zero attached hydrogens (tertiary/aromatic N) is 3. The van der Waals surface area contributed by atoms with Gasteiger partial charge in [0.1, 0.15) is 0 Å². The van der Waals surface area contributed by atoms with Gasteiger partial charge in [-0.1, -0.05) is 59.8 Å². The summed E-state index contributed by atoms with van der Waals surface area (Å²) >= 11 is 18.5. The molecule has 1 aliphatic rings. The lowest BCUT2D eigenvalue weighted by Gasteiger charge is -2.15. The molecule has 1 saturated carbocycles. The fourth-order valence-electron chi connectivity index (χ4n) is 4.45. The molecule has 5 rings (SSSR count). The van der Waals surface area contributed by atoms with Crippen LogP contribution < -0.4 is 5.32 Å². The number of carbonyl (C=O) groups excluding carboxylic acids is 1. The Morgan fingerprint density at radius 2 is 1.64 bits per heavy atom. The van der Waals surface area contributed by atoms with Gasteiger partial charge in [-0.25, -0.2) is 9.67 Å². The number of carbonyl (C=O) groups is 1. The highest BCUT2D eigenvalue weighted by molar-refractivity contribution is 6.35. The minimum absolute atomic E-state index is 0.166. The molecule has 1 fully saturated rings. The second-order valence-electron chi connectivity index (χ2n) is 8.57. The number of alkyl halides is 3. The van der Waals surface area contributed by atoms with E-state index in [1.54, 1.807) is 36.4 Å². The number of benzene rings is 2. The van der Waals surface area contributed by atoms with Crippen molar-refractivity contribution in [2.24, 2.45) is 0 Å². The molecule has 11 heteroatoms. The molecule has 0 saturated heterocycles. The van der Waals surface area contributed by atoms with Crippen molar-refractivity contribution in [3.8, 4) is 16.9 Å². The number of amides is 1. The number of nitrogens with one attached hydrogen (secondary N) is 1. The number of fused-ring (bicyclic) bond motifs is 1. The van der Waals surface area contributed by atoms with Crippen molar-refractivity contribution in [1.82, 2.24) is 20.1 Å². The van der Waals surface area contributed by atoms with Gasteiger partial charge < -0.3 is 5.32 Å². The van der Waals surface area contributed by atoms with Crippen molar-refractivity contribution in [3.63, 3.8) is 0 Å². The Labute approximate surface area is 219 Å². The van der Waals surface area contributed by atoms with Gasteiger partial charge in [-0.3, -0.25) is 4.79 Å². The number of hydrogen-bond acceptors (Lipinski definition) is 3. The summed E-state index contributed by atoms with van der Waals surface area (Å²) in [6.45, 7) is 0. The molecule has 186 valence electrons. The molecule has 1 amide bonds. The van der Waals surface area contributed by atoms with E-state index >= 15 is 0 Å². The van der Waals surface area contributed by atoms with E-state index in [4.69, 9.17) is 34.8 Å². The lowest BCUT2D eigenvalue weighted by atomic mass is 10.0. The second-order valence-corrected chi connectivity index (χ2v) is 9.85. The van der Waals surface area contributed by atoms with Crippen LogP contribution in [0, 0.1) is 0 Å². The van der Waals surface area contributed by atoms with Gasteiger partial charge in [-0.05, 0) is 49.2 Å². The van der Waals surface area contributed by atoms with E-state index in [0.717, 1.165) is 25.7 Å². The lowest BCUT2D eigenvalue weighted by molar-refractivity contribution is -0.141. The summed E-state index contributed by atoms with van der Waals surface area (Å²) in [5.74, 6) is -0.817. The van der Waals surface area contributed by atoms with E-state index in [9.17, 15) is 18.0 Å². The summed E-state index contributed by atoms with van der Waals surface area (Å²) in [5.41, 5.74) is -0.650. The molecule has 4 aromatic rings. The molecule has 2 aromatic carbocycles. The van der Waals surface area contributed by atoms with Crippen LogP contribution in [-0.2, 0) is 6.18 Å². The van der Waals surface area contributed by atoms with Crippen LogP contribution in [0.1, 0.15) is 41.7 Å². The molecule has 0 atom stereocenters. The van der Waals surface area contributed by atoms with Crippen molar-refractivity contribution in [2.75, 3.05) is 0 Å². The predicted molar refractivity (Wildman–Crippen MR) is 134 cm³/mol. The Balaban J connectivity index is 1.77. The second kappa shape index (κ2) is 9.57. The first-order chi connectivity index (χ1) is 17.1.